The molecule has 6 nitrogen and oxygen atoms in total. The van der Waals surface area contributed by atoms with E-state index in [-0.39, 0.29) is 18.4 Å². The Kier molecular flexibility index (Phi) is 7.44. The first-order valence-corrected chi connectivity index (χ1v) is 9.59. The van der Waals surface area contributed by atoms with Gasteiger partial charge in [0.2, 0.25) is 5.91 Å². The average molecular weight is 404 g/mol. The number of benzene rings is 3. The minimum Gasteiger partial charge on any atom is -0.493 e. The number of hydrogen-bond acceptors (Lipinski definition) is 4. The van der Waals surface area contributed by atoms with Gasteiger partial charge in [0.15, 0.2) is 11.5 Å². The van der Waals surface area contributed by atoms with E-state index in [1.165, 1.54) is 0 Å². The predicted molar refractivity (Wildman–Crippen MR) is 114 cm³/mol. The second-order valence-corrected chi connectivity index (χ2v) is 6.58. The van der Waals surface area contributed by atoms with Gasteiger partial charge in [-0.1, -0.05) is 54.6 Å². The molecule has 2 amide bonds. The van der Waals surface area contributed by atoms with E-state index in [0.717, 1.165) is 11.1 Å². The summed E-state index contributed by atoms with van der Waals surface area (Å²) in [5.74, 6) is 0.664. The number of nitrogens with one attached hydrogen (secondary N) is 2. The quantitative estimate of drug-likeness (QED) is 0.574. The minimum absolute atomic E-state index is 0.0941. The fourth-order valence-electron chi connectivity index (χ4n) is 2.79. The normalized spacial score (nSPS) is 10.2. The highest BCUT2D eigenvalue weighted by Crippen LogP contribution is 2.28. The van der Waals surface area contributed by atoms with E-state index in [4.69, 9.17) is 9.47 Å². The van der Waals surface area contributed by atoms with Crippen molar-refractivity contribution in [1.82, 2.24) is 10.6 Å². The van der Waals surface area contributed by atoms with Gasteiger partial charge in [0.25, 0.3) is 5.91 Å². The smallest absolute Gasteiger partial charge is 0.251 e. The second kappa shape index (κ2) is 10.7. The van der Waals surface area contributed by atoms with Crippen molar-refractivity contribution >= 4 is 11.8 Å². The third kappa shape index (κ3) is 6.10. The SMILES string of the molecule is COc1cc(CNC(=O)CNC(=O)c2ccccc2)ccc1OCc1ccccc1. The van der Waals surface area contributed by atoms with E-state index in [2.05, 4.69) is 10.6 Å². The van der Waals surface area contributed by atoms with E-state index in [0.29, 0.717) is 30.2 Å². The summed E-state index contributed by atoms with van der Waals surface area (Å²) in [6.07, 6.45) is 0. The van der Waals surface area contributed by atoms with E-state index in [9.17, 15) is 9.59 Å². The summed E-state index contributed by atoms with van der Waals surface area (Å²) in [6, 6.07) is 24.1. The Morgan fingerprint density at radius 2 is 1.50 bits per heavy atom. The summed E-state index contributed by atoms with van der Waals surface area (Å²) in [4.78, 5) is 24.0. The molecular weight excluding hydrogens is 380 g/mol. The number of hydrogen-bond donors (Lipinski definition) is 2. The highest BCUT2D eigenvalue weighted by molar-refractivity contribution is 5.96. The van der Waals surface area contributed by atoms with Gasteiger partial charge in [-0.05, 0) is 35.4 Å². The van der Waals surface area contributed by atoms with Crippen LogP contribution in [0, 0.1) is 0 Å². The maximum atomic E-state index is 12.1. The predicted octanol–water partition coefficient (Wildman–Crippen LogP) is 3.32. The number of amides is 2. The zero-order valence-corrected chi connectivity index (χ0v) is 16.8. The van der Waals surface area contributed by atoms with Gasteiger partial charge in [-0.3, -0.25) is 9.59 Å². The first-order valence-electron chi connectivity index (χ1n) is 9.59. The molecular formula is C24H24N2O4. The minimum atomic E-state index is -0.285. The molecule has 0 aliphatic carbocycles. The van der Waals surface area contributed by atoms with E-state index >= 15 is 0 Å². The van der Waals surface area contributed by atoms with Crippen LogP contribution >= 0.6 is 0 Å². The Bertz CT molecular complexity index is 975. The van der Waals surface area contributed by atoms with Crippen molar-refractivity contribution in [2.75, 3.05) is 13.7 Å². The van der Waals surface area contributed by atoms with Gasteiger partial charge in [-0.25, -0.2) is 0 Å². The zero-order chi connectivity index (χ0) is 21.2. The molecule has 6 heteroatoms. The highest BCUT2D eigenvalue weighted by Gasteiger charge is 2.09. The van der Waals surface area contributed by atoms with Gasteiger partial charge in [-0.15, -0.1) is 0 Å². The molecule has 3 aromatic rings. The summed E-state index contributed by atoms with van der Waals surface area (Å²) in [6.45, 7) is 0.660. The third-order valence-corrected chi connectivity index (χ3v) is 4.40. The van der Waals surface area contributed by atoms with Crippen LogP contribution in [0.25, 0.3) is 0 Å². The van der Waals surface area contributed by atoms with Crippen LogP contribution in [0.4, 0.5) is 0 Å². The van der Waals surface area contributed by atoms with Crippen molar-refractivity contribution in [3.63, 3.8) is 0 Å². The van der Waals surface area contributed by atoms with Crippen LogP contribution in [0.15, 0.2) is 78.9 Å². The van der Waals surface area contributed by atoms with Crippen LogP contribution in [0.5, 0.6) is 11.5 Å². The number of rotatable bonds is 9. The number of ether oxygens (including phenoxy) is 2. The molecule has 0 aliphatic rings. The van der Waals surface area contributed by atoms with Gasteiger partial charge in [0.1, 0.15) is 6.61 Å². The lowest BCUT2D eigenvalue weighted by Crippen LogP contribution is -2.36. The van der Waals surface area contributed by atoms with Crippen molar-refractivity contribution in [2.24, 2.45) is 0 Å². The lowest BCUT2D eigenvalue weighted by molar-refractivity contribution is -0.120. The largest absolute Gasteiger partial charge is 0.493 e. The third-order valence-electron chi connectivity index (χ3n) is 4.40. The molecule has 0 saturated carbocycles. The van der Waals surface area contributed by atoms with Crippen LogP contribution in [-0.2, 0) is 17.9 Å². The Hall–Kier alpha value is -3.80. The van der Waals surface area contributed by atoms with Crippen molar-refractivity contribution in [1.29, 1.82) is 0 Å². The molecule has 154 valence electrons. The lowest BCUT2D eigenvalue weighted by atomic mass is 10.2. The van der Waals surface area contributed by atoms with Crippen LogP contribution in [-0.4, -0.2) is 25.5 Å². The van der Waals surface area contributed by atoms with Crippen LogP contribution in [0.2, 0.25) is 0 Å². The molecule has 0 radical (unpaired) electrons. The van der Waals surface area contributed by atoms with E-state index in [1.807, 2.05) is 54.6 Å². The molecule has 0 bridgehead atoms. The molecule has 0 unspecified atom stereocenters. The summed E-state index contributed by atoms with van der Waals surface area (Å²) < 4.78 is 11.3. The van der Waals surface area contributed by atoms with Gasteiger partial charge in [0, 0.05) is 12.1 Å². The summed E-state index contributed by atoms with van der Waals surface area (Å²) in [7, 11) is 1.58. The second-order valence-electron chi connectivity index (χ2n) is 6.58. The van der Waals surface area contributed by atoms with Crippen molar-refractivity contribution in [2.45, 2.75) is 13.2 Å². The zero-order valence-electron chi connectivity index (χ0n) is 16.8. The fraction of sp³-hybridized carbons (Fsp3) is 0.167. The average Bonchev–Trinajstić information content (AvgIpc) is 2.81. The molecule has 2 N–H and O–H groups in total. The summed E-state index contributed by atoms with van der Waals surface area (Å²) in [5, 5.41) is 5.39. The Morgan fingerprint density at radius 1 is 0.800 bits per heavy atom. The lowest BCUT2D eigenvalue weighted by Gasteiger charge is -2.13. The topological polar surface area (TPSA) is 76.7 Å². The summed E-state index contributed by atoms with van der Waals surface area (Å²) in [5.41, 5.74) is 2.44. The summed E-state index contributed by atoms with van der Waals surface area (Å²) >= 11 is 0. The first-order chi connectivity index (χ1) is 14.7. The molecule has 30 heavy (non-hydrogen) atoms. The van der Waals surface area contributed by atoms with Gasteiger partial charge in [0.05, 0.1) is 13.7 Å². The standard InChI is InChI=1S/C24H24N2O4/c1-29-22-14-19(12-13-21(22)30-17-18-8-4-2-5-9-18)15-25-23(27)16-26-24(28)20-10-6-3-7-11-20/h2-14H,15-17H2,1H3,(H,25,27)(H,26,28). The Morgan fingerprint density at radius 3 is 2.20 bits per heavy atom. The van der Waals surface area contributed by atoms with Gasteiger partial charge >= 0.3 is 0 Å². The molecule has 0 aromatic heterocycles. The molecule has 0 spiro atoms. The molecule has 3 rings (SSSR count). The van der Waals surface area contributed by atoms with E-state index < -0.39 is 0 Å². The van der Waals surface area contributed by atoms with Crippen LogP contribution in [0.3, 0.4) is 0 Å². The molecule has 3 aromatic carbocycles. The highest BCUT2D eigenvalue weighted by atomic mass is 16.5. The molecule has 0 heterocycles. The Balaban J connectivity index is 1.49. The van der Waals surface area contributed by atoms with Crippen molar-refractivity contribution < 1.29 is 19.1 Å². The van der Waals surface area contributed by atoms with Gasteiger partial charge < -0.3 is 20.1 Å². The van der Waals surface area contributed by atoms with Gasteiger partial charge in [-0.2, -0.15) is 0 Å². The van der Waals surface area contributed by atoms with Crippen molar-refractivity contribution in [3.8, 4) is 11.5 Å². The van der Waals surface area contributed by atoms with Crippen molar-refractivity contribution in [3.05, 3.63) is 95.6 Å². The monoisotopic (exact) mass is 404 g/mol. The fourth-order valence-corrected chi connectivity index (χ4v) is 2.79. The van der Waals surface area contributed by atoms with Crippen LogP contribution < -0.4 is 20.1 Å². The molecule has 0 saturated heterocycles. The Labute approximate surface area is 175 Å². The van der Waals surface area contributed by atoms with E-state index in [1.54, 1.807) is 31.4 Å². The maximum absolute atomic E-state index is 12.1. The first kappa shape index (κ1) is 20.9. The molecule has 0 atom stereocenters. The molecule has 0 fully saturated rings. The number of methoxy groups -OCH3 is 1. The van der Waals surface area contributed by atoms with Crippen LogP contribution in [0.1, 0.15) is 21.5 Å². The maximum Gasteiger partial charge on any atom is 0.251 e. The number of carbonyl (C=O) groups is 2. The molecule has 0 aliphatic heterocycles. The number of carbonyl (C=O) groups excluding carboxylic acids is 2.